The standard InChI is InChI=1S/C21H26N4O5S/c1-14(26)30-16-7-5-15(6-8-16)12-24-10-3-4-19(24)20-22-18-13-25(31(2,28)29)11-9-17(18)21(27)23-20/h5-8,19H,3-4,9-13H2,1-2H3,(H,22,23,27)/t19-/m1/s1. The Morgan fingerprint density at radius 3 is 2.68 bits per heavy atom. The fourth-order valence-electron chi connectivity index (χ4n) is 4.26. The second-order valence-electron chi connectivity index (χ2n) is 8.09. The number of hydrogen-bond donors (Lipinski definition) is 1. The number of likely N-dealkylation sites (tertiary alicyclic amines) is 1. The molecule has 1 aromatic carbocycles. The number of sulfonamides is 1. The van der Waals surface area contributed by atoms with Gasteiger partial charge in [0.25, 0.3) is 5.56 Å². The van der Waals surface area contributed by atoms with E-state index in [2.05, 4.69) is 9.88 Å². The maximum atomic E-state index is 12.7. The Hall–Kier alpha value is -2.56. The summed E-state index contributed by atoms with van der Waals surface area (Å²) in [4.78, 5) is 33.6. The summed E-state index contributed by atoms with van der Waals surface area (Å²) in [5, 5.41) is 0. The third-order valence-corrected chi connectivity index (χ3v) is 7.03. The molecule has 2 aliphatic heterocycles. The largest absolute Gasteiger partial charge is 0.427 e. The van der Waals surface area contributed by atoms with Crippen LogP contribution in [-0.4, -0.2) is 52.9 Å². The molecule has 0 saturated carbocycles. The number of ether oxygens (including phenoxy) is 1. The average Bonchev–Trinajstić information content (AvgIpc) is 3.16. The van der Waals surface area contributed by atoms with Gasteiger partial charge >= 0.3 is 5.97 Å². The maximum absolute atomic E-state index is 12.7. The quantitative estimate of drug-likeness (QED) is 0.545. The number of rotatable bonds is 5. The number of nitrogens with zero attached hydrogens (tertiary/aromatic N) is 3. The second kappa shape index (κ2) is 8.52. The number of H-pyrrole nitrogens is 1. The first kappa shape index (κ1) is 21.7. The molecule has 3 heterocycles. The van der Waals surface area contributed by atoms with E-state index in [-0.39, 0.29) is 24.1 Å². The lowest BCUT2D eigenvalue weighted by Crippen LogP contribution is -2.39. The Morgan fingerprint density at radius 2 is 2.00 bits per heavy atom. The van der Waals surface area contributed by atoms with Crippen molar-refractivity contribution in [2.24, 2.45) is 0 Å². The average molecular weight is 447 g/mol. The summed E-state index contributed by atoms with van der Waals surface area (Å²) in [6, 6.07) is 7.32. The number of nitrogens with one attached hydrogen (secondary N) is 1. The molecule has 166 valence electrons. The monoisotopic (exact) mass is 446 g/mol. The molecule has 2 aromatic rings. The van der Waals surface area contributed by atoms with Gasteiger partial charge in [-0.15, -0.1) is 0 Å². The highest BCUT2D eigenvalue weighted by Gasteiger charge is 2.31. The Kier molecular flexibility index (Phi) is 5.96. The van der Waals surface area contributed by atoms with Crippen molar-refractivity contribution in [3.63, 3.8) is 0 Å². The van der Waals surface area contributed by atoms with E-state index in [4.69, 9.17) is 9.72 Å². The van der Waals surface area contributed by atoms with Crippen molar-refractivity contribution in [2.75, 3.05) is 19.3 Å². The molecule has 1 fully saturated rings. The van der Waals surface area contributed by atoms with Gasteiger partial charge in [-0.25, -0.2) is 13.4 Å². The summed E-state index contributed by atoms with van der Waals surface area (Å²) in [6.45, 7) is 3.34. The highest BCUT2D eigenvalue weighted by molar-refractivity contribution is 7.88. The van der Waals surface area contributed by atoms with Crippen LogP contribution in [0.4, 0.5) is 0 Å². The predicted octanol–water partition coefficient (Wildman–Crippen LogP) is 1.35. The van der Waals surface area contributed by atoms with Gasteiger partial charge in [0, 0.05) is 25.6 Å². The molecule has 10 heteroatoms. The Morgan fingerprint density at radius 1 is 1.26 bits per heavy atom. The van der Waals surface area contributed by atoms with E-state index >= 15 is 0 Å². The van der Waals surface area contributed by atoms with Crippen LogP contribution in [0.2, 0.25) is 0 Å². The van der Waals surface area contributed by atoms with E-state index in [0.29, 0.717) is 42.3 Å². The third-order valence-electron chi connectivity index (χ3n) is 5.78. The van der Waals surface area contributed by atoms with Crippen molar-refractivity contribution in [1.82, 2.24) is 19.2 Å². The van der Waals surface area contributed by atoms with Crippen molar-refractivity contribution in [3.05, 3.63) is 57.3 Å². The van der Waals surface area contributed by atoms with Crippen molar-refractivity contribution < 1.29 is 17.9 Å². The van der Waals surface area contributed by atoms with Gasteiger partial charge in [0.05, 0.1) is 24.5 Å². The van der Waals surface area contributed by atoms with Gasteiger partial charge in [0.15, 0.2) is 0 Å². The molecule has 0 radical (unpaired) electrons. The molecule has 1 aromatic heterocycles. The number of aromatic nitrogens is 2. The molecule has 9 nitrogen and oxygen atoms in total. The fraction of sp³-hybridized carbons (Fsp3) is 0.476. The van der Waals surface area contributed by atoms with Gasteiger partial charge < -0.3 is 9.72 Å². The zero-order valence-electron chi connectivity index (χ0n) is 17.6. The van der Waals surface area contributed by atoms with Gasteiger partial charge in [-0.2, -0.15) is 4.31 Å². The first-order valence-electron chi connectivity index (χ1n) is 10.3. The zero-order valence-corrected chi connectivity index (χ0v) is 18.4. The summed E-state index contributed by atoms with van der Waals surface area (Å²) in [7, 11) is -3.34. The highest BCUT2D eigenvalue weighted by Crippen LogP contribution is 2.32. The maximum Gasteiger partial charge on any atom is 0.308 e. The number of carbonyl (C=O) groups excluding carboxylic acids is 1. The van der Waals surface area contributed by atoms with E-state index in [1.165, 1.54) is 17.5 Å². The summed E-state index contributed by atoms with van der Waals surface area (Å²) < 4.78 is 30.3. The van der Waals surface area contributed by atoms with E-state index in [1.54, 1.807) is 12.1 Å². The Labute approximate surface area is 181 Å². The lowest BCUT2D eigenvalue weighted by Gasteiger charge is -2.28. The van der Waals surface area contributed by atoms with Crippen LogP contribution in [0, 0.1) is 0 Å². The molecule has 4 rings (SSSR count). The fourth-order valence-corrected chi connectivity index (χ4v) is 5.04. The predicted molar refractivity (Wildman–Crippen MR) is 114 cm³/mol. The minimum absolute atomic E-state index is 0.0419. The molecule has 1 atom stereocenters. The minimum atomic E-state index is -3.34. The van der Waals surface area contributed by atoms with Gasteiger partial charge in [-0.3, -0.25) is 14.5 Å². The summed E-state index contributed by atoms with van der Waals surface area (Å²) >= 11 is 0. The number of aromatic amines is 1. The van der Waals surface area contributed by atoms with Crippen LogP contribution in [0.3, 0.4) is 0 Å². The molecule has 0 amide bonds. The Bertz CT molecular complexity index is 1140. The summed E-state index contributed by atoms with van der Waals surface area (Å²) in [5.74, 6) is 0.739. The van der Waals surface area contributed by atoms with E-state index < -0.39 is 10.0 Å². The summed E-state index contributed by atoms with van der Waals surface area (Å²) in [5.41, 5.74) is 2.01. The lowest BCUT2D eigenvalue weighted by atomic mass is 10.1. The first-order chi connectivity index (χ1) is 14.7. The zero-order chi connectivity index (χ0) is 22.2. The molecule has 1 saturated heterocycles. The van der Waals surface area contributed by atoms with Gasteiger partial charge in [0.2, 0.25) is 10.0 Å². The second-order valence-corrected chi connectivity index (χ2v) is 10.1. The number of carbonyl (C=O) groups is 1. The normalized spacial score (nSPS) is 19.9. The van der Waals surface area contributed by atoms with Crippen LogP contribution < -0.4 is 10.3 Å². The molecule has 0 bridgehead atoms. The Balaban J connectivity index is 1.54. The third kappa shape index (κ3) is 4.86. The molecular formula is C21H26N4O5S. The number of esters is 1. The lowest BCUT2D eigenvalue weighted by molar-refractivity contribution is -0.131. The number of hydrogen-bond acceptors (Lipinski definition) is 7. The van der Waals surface area contributed by atoms with Crippen LogP contribution in [0.5, 0.6) is 5.75 Å². The van der Waals surface area contributed by atoms with Crippen molar-refractivity contribution in [3.8, 4) is 5.75 Å². The van der Waals surface area contributed by atoms with E-state index in [9.17, 15) is 18.0 Å². The number of benzene rings is 1. The van der Waals surface area contributed by atoms with E-state index in [1.807, 2.05) is 12.1 Å². The van der Waals surface area contributed by atoms with E-state index in [0.717, 1.165) is 24.9 Å². The molecule has 1 N–H and O–H groups in total. The molecule has 0 aliphatic carbocycles. The summed E-state index contributed by atoms with van der Waals surface area (Å²) in [6.07, 6.45) is 3.39. The van der Waals surface area contributed by atoms with Crippen molar-refractivity contribution in [1.29, 1.82) is 0 Å². The molecule has 0 spiro atoms. The van der Waals surface area contributed by atoms with Crippen LogP contribution >= 0.6 is 0 Å². The SMILES string of the molecule is CC(=O)Oc1ccc(CN2CCC[C@@H]2c2nc3c(c(=O)[nH]2)CCN(S(C)(=O)=O)C3)cc1. The first-order valence-corrected chi connectivity index (χ1v) is 12.1. The van der Waals surface area contributed by atoms with Crippen LogP contribution in [0.15, 0.2) is 29.1 Å². The van der Waals surface area contributed by atoms with Gasteiger partial charge in [-0.05, 0) is 43.5 Å². The van der Waals surface area contributed by atoms with Crippen molar-refractivity contribution in [2.45, 2.75) is 45.3 Å². The topological polar surface area (TPSA) is 113 Å². The minimum Gasteiger partial charge on any atom is -0.427 e. The van der Waals surface area contributed by atoms with Crippen LogP contribution in [0.1, 0.15) is 48.5 Å². The molecule has 2 aliphatic rings. The highest BCUT2D eigenvalue weighted by atomic mass is 32.2. The molecule has 31 heavy (non-hydrogen) atoms. The van der Waals surface area contributed by atoms with Crippen LogP contribution in [0.25, 0.3) is 0 Å². The van der Waals surface area contributed by atoms with Crippen molar-refractivity contribution >= 4 is 16.0 Å². The molecule has 0 unspecified atom stereocenters. The van der Waals surface area contributed by atoms with Gasteiger partial charge in [0.1, 0.15) is 11.6 Å². The molecular weight excluding hydrogens is 420 g/mol. The number of fused-ring (bicyclic) bond motifs is 1. The van der Waals surface area contributed by atoms with Crippen LogP contribution in [-0.2, 0) is 34.3 Å². The smallest absolute Gasteiger partial charge is 0.308 e. The van der Waals surface area contributed by atoms with Gasteiger partial charge in [-0.1, -0.05) is 12.1 Å².